The van der Waals surface area contributed by atoms with Gasteiger partial charge in [-0.3, -0.25) is 9.59 Å². The van der Waals surface area contributed by atoms with Gasteiger partial charge in [-0.05, 0) is 24.8 Å². The highest BCUT2D eigenvalue weighted by Gasteiger charge is 2.46. The van der Waals surface area contributed by atoms with Crippen molar-refractivity contribution < 1.29 is 34.1 Å². The first-order chi connectivity index (χ1) is 12.8. The lowest BCUT2D eigenvalue weighted by molar-refractivity contribution is -0.158. The van der Waals surface area contributed by atoms with E-state index in [1.807, 2.05) is 13.0 Å². The second kappa shape index (κ2) is 11.1. The van der Waals surface area contributed by atoms with E-state index in [1.165, 1.54) is 0 Å². The fraction of sp³-hybridized carbons (Fsp3) is 0.450. The molecule has 0 fully saturated rings. The molecule has 0 saturated carbocycles. The van der Waals surface area contributed by atoms with Crippen LogP contribution in [0.4, 0.5) is 0 Å². The molecule has 27 heavy (non-hydrogen) atoms. The number of carbonyl (C=O) groups is 3. The number of hydrogen-bond acceptors (Lipinski definition) is 5. The molecule has 1 aromatic carbocycles. The van der Waals surface area contributed by atoms with E-state index in [4.69, 9.17) is 9.47 Å². The van der Waals surface area contributed by atoms with Gasteiger partial charge in [-0.2, -0.15) is 0 Å². The molecule has 0 saturated heterocycles. The number of esters is 1. The maximum atomic E-state index is 12.2. The van der Waals surface area contributed by atoms with E-state index in [0.717, 1.165) is 12.0 Å². The molecule has 0 heterocycles. The summed E-state index contributed by atoms with van der Waals surface area (Å²) < 4.78 is 10.2. The van der Waals surface area contributed by atoms with Gasteiger partial charge < -0.3 is 19.7 Å². The number of ether oxygens (including phenoxy) is 2. The van der Waals surface area contributed by atoms with Crippen molar-refractivity contribution in [1.82, 2.24) is 0 Å². The van der Waals surface area contributed by atoms with Crippen LogP contribution in [0.3, 0.4) is 0 Å². The Labute approximate surface area is 158 Å². The molecule has 1 atom stereocenters. The van der Waals surface area contributed by atoms with Crippen molar-refractivity contribution in [2.75, 3.05) is 19.8 Å². The minimum absolute atomic E-state index is 0.0211. The molecular formula is C20H26O7. The zero-order valence-corrected chi connectivity index (χ0v) is 15.5. The Balaban J connectivity index is 2.88. The summed E-state index contributed by atoms with van der Waals surface area (Å²) in [5.41, 5.74) is -1.64. The quantitative estimate of drug-likeness (QED) is 0.308. The molecule has 7 nitrogen and oxygen atoms in total. The summed E-state index contributed by atoms with van der Waals surface area (Å²) in [7, 11) is 0. The number of aryl methyl sites for hydroxylation is 1. The fourth-order valence-corrected chi connectivity index (χ4v) is 2.62. The van der Waals surface area contributed by atoms with Gasteiger partial charge in [-0.1, -0.05) is 43.8 Å². The van der Waals surface area contributed by atoms with Crippen molar-refractivity contribution in [2.24, 2.45) is 5.41 Å². The highest BCUT2D eigenvalue weighted by Crippen LogP contribution is 2.37. The summed E-state index contributed by atoms with van der Waals surface area (Å²) in [6.07, 6.45) is 0.424. The van der Waals surface area contributed by atoms with Gasteiger partial charge in [-0.15, -0.1) is 0 Å². The predicted molar refractivity (Wildman–Crippen MR) is 98.3 cm³/mol. The van der Waals surface area contributed by atoms with E-state index in [2.05, 4.69) is 6.58 Å². The van der Waals surface area contributed by atoms with Crippen LogP contribution in [0.1, 0.15) is 31.7 Å². The number of rotatable bonds is 13. The van der Waals surface area contributed by atoms with Gasteiger partial charge in [0.1, 0.15) is 12.0 Å². The lowest BCUT2D eigenvalue weighted by Gasteiger charge is -2.28. The molecule has 0 aliphatic carbocycles. The van der Waals surface area contributed by atoms with Gasteiger partial charge in [0.15, 0.2) is 0 Å². The average molecular weight is 378 g/mol. The second-order valence-corrected chi connectivity index (χ2v) is 6.17. The molecule has 0 bridgehead atoms. The highest BCUT2D eigenvalue weighted by molar-refractivity contribution is 5.98. The standard InChI is InChI=1S/C20H26O7/c1-3-11-26-12-13-27-17(21)14-20(19(24)25,15(2)18(22)23)10-9-16-7-5-4-6-8-16/h4-8H,2-3,9-14H2,1H3,(H,22,23)(H,24,25). The van der Waals surface area contributed by atoms with Gasteiger partial charge in [0.05, 0.1) is 13.0 Å². The van der Waals surface area contributed by atoms with Crippen molar-refractivity contribution in [1.29, 1.82) is 0 Å². The van der Waals surface area contributed by atoms with Crippen molar-refractivity contribution in [3.8, 4) is 0 Å². The molecule has 7 heteroatoms. The number of hydrogen-bond donors (Lipinski definition) is 2. The predicted octanol–water partition coefficient (Wildman–Crippen LogP) is 2.69. The Morgan fingerprint density at radius 3 is 2.30 bits per heavy atom. The number of carbonyl (C=O) groups excluding carboxylic acids is 1. The van der Waals surface area contributed by atoms with Crippen LogP contribution < -0.4 is 0 Å². The number of aliphatic carboxylic acids is 2. The number of carboxylic acid groups (broad SMARTS) is 2. The van der Waals surface area contributed by atoms with Crippen molar-refractivity contribution >= 4 is 17.9 Å². The van der Waals surface area contributed by atoms with Crippen LogP contribution in [0.25, 0.3) is 0 Å². The third-order valence-electron chi connectivity index (χ3n) is 4.21. The van der Waals surface area contributed by atoms with Crippen LogP contribution in [-0.4, -0.2) is 47.9 Å². The van der Waals surface area contributed by atoms with Crippen LogP contribution in [0.15, 0.2) is 42.5 Å². The molecule has 0 spiro atoms. The SMILES string of the molecule is C=C(C(=O)O)C(CCc1ccccc1)(CC(=O)OCCOCCC)C(=O)O. The molecule has 1 unspecified atom stereocenters. The smallest absolute Gasteiger partial charge is 0.332 e. The van der Waals surface area contributed by atoms with Crippen LogP contribution in [0.2, 0.25) is 0 Å². The molecule has 2 N–H and O–H groups in total. The zero-order valence-electron chi connectivity index (χ0n) is 15.5. The highest BCUT2D eigenvalue weighted by atomic mass is 16.6. The third-order valence-corrected chi connectivity index (χ3v) is 4.21. The molecule has 148 valence electrons. The average Bonchev–Trinajstić information content (AvgIpc) is 2.65. The molecule has 0 aromatic heterocycles. The largest absolute Gasteiger partial charge is 0.481 e. The minimum Gasteiger partial charge on any atom is -0.481 e. The first-order valence-electron chi connectivity index (χ1n) is 8.77. The summed E-state index contributed by atoms with van der Waals surface area (Å²) in [6, 6.07) is 9.03. The molecule has 0 aliphatic heterocycles. The van der Waals surface area contributed by atoms with Gasteiger partial charge in [0.2, 0.25) is 0 Å². The van der Waals surface area contributed by atoms with Crippen LogP contribution >= 0.6 is 0 Å². The summed E-state index contributed by atoms with van der Waals surface area (Å²) >= 11 is 0. The summed E-state index contributed by atoms with van der Waals surface area (Å²) in [4.78, 5) is 35.6. The van der Waals surface area contributed by atoms with Crippen LogP contribution in [0.5, 0.6) is 0 Å². The Morgan fingerprint density at radius 1 is 1.07 bits per heavy atom. The number of benzene rings is 1. The van der Waals surface area contributed by atoms with E-state index in [1.54, 1.807) is 24.3 Å². The molecule has 1 aromatic rings. The van der Waals surface area contributed by atoms with E-state index in [0.29, 0.717) is 6.61 Å². The fourth-order valence-electron chi connectivity index (χ4n) is 2.62. The molecule has 1 rings (SSSR count). The summed E-state index contributed by atoms with van der Waals surface area (Å²) in [6.45, 7) is 6.07. The Bertz CT molecular complexity index is 654. The van der Waals surface area contributed by atoms with Gasteiger partial charge in [0.25, 0.3) is 0 Å². The normalized spacial score (nSPS) is 12.8. The van der Waals surface area contributed by atoms with Gasteiger partial charge >= 0.3 is 17.9 Å². The van der Waals surface area contributed by atoms with E-state index in [-0.39, 0.29) is 26.1 Å². The van der Waals surface area contributed by atoms with E-state index in [9.17, 15) is 24.6 Å². The maximum absolute atomic E-state index is 12.2. The van der Waals surface area contributed by atoms with Gasteiger partial charge in [0, 0.05) is 12.2 Å². The van der Waals surface area contributed by atoms with E-state index < -0.39 is 35.3 Å². The van der Waals surface area contributed by atoms with Crippen molar-refractivity contribution in [3.05, 3.63) is 48.0 Å². The molecular weight excluding hydrogens is 352 g/mol. The van der Waals surface area contributed by atoms with Crippen LogP contribution in [-0.2, 0) is 30.3 Å². The first kappa shape index (κ1) is 22.4. The second-order valence-electron chi connectivity index (χ2n) is 6.17. The minimum atomic E-state index is -1.94. The van der Waals surface area contributed by atoms with Crippen molar-refractivity contribution in [2.45, 2.75) is 32.6 Å². The van der Waals surface area contributed by atoms with E-state index >= 15 is 0 Å². The Morgan fingerprint density at radius 2 is 1.74 bits per heavy atom. The maximum Gasteiger partial charge on any atom is 0.332 e. The van der Waals surface area contributed by atoms with Crippen LogP contribution in [0, 0.1) is 5.41 Å². The lowest BCUT2D eigenvalue weighted by atomic mass is 9.73. The van der Waals surface area contributed by atoms with Crippen molar-refractivity contribution in [3.63, 3.8) is 0 Å². The topological polar surface area (TPSA) is 110 Å². The molecule has 0 aliphatic rings. The number of carboxylic acids is 2. The molecule has 0 amide bonds. The Hall–Kier alpha value is -2.67. The zero-order chi connectivity index (χ0) is 20.3. The lowest BCUT2D eigenvalue weighted by Crippen LogP contribution is -2.39. The van der Waals surface area contributed by atoms with Gasteiger partial charge in [-0.25, -0.2) is 4.79 Å². The monoisotopic (exact) mass is 378 g/mol. The summed E-state index contributed by atoms with van der Waals surface area (Å²) in [5, 5.41) is 19.1. The summed E-state index contributed by atoms with van der Waals surface area (Å²) in [5.74, 6) is -3.66. The molecule has 0 radical (unpaired) electrons. The Kier molecular flexibility index (Phi) is 9.22. The third kappa shape index (κ3) is 6.86. The first-order valence-corrected chi connectivity index (χ1v) is 8.77.